The van der Waals surface area contributed by atoms with Crippen LogP contribution in [0.3, 0.4) is 0 Å². The zero-order valence-corrected chi connectivity index (χ0v) is 20.7. The van der Waals surface area contributed by atoms with Crippen LogP contribution < -0.4 is 0 Å². The van der Waals surface area contributed by atoms with E-state index < -0.39 is 0 Å². The second-order valence-corrected chi connectivity index (χ2v) is 11.7. The first-order chi connectivity index (χ1) is 15.3. The van der Waals surface area contributed by atoms with E-state index in [1.807, 2.05) is 28.0 Å². The lowest BCUT2D eigenvalue weighted by atomic mass is 9.71. The van der Waals surface area contributed by atoms with Crippen molar-refractivity contribution in [3.63, 3.8) is 0 Å². The number of ether oxygens (including phenoxy) is 1. The molecule has 1 unspecified atom stereocenters. The summed E-state index contributed by atoms with van der Waals surface area (Å²) in [4.78, 5) is 38.9. The minimum Gasteiger partial charge on any atom is -0.375 e. The Labute approximate surface area is 200 Å². The van der Waals surface area contributed by atoms with Gasteiger partial charge in [-0.1, -0.05) is 19.9 Å². The van der Waals surface area contributed by atoms with Crippen molar-refractivity contribution in [3.8, 4) is 0 Å². The molecule has 0 radical (unpaired) electrons. The van der Waals surface area contributed by atoms with Gasteiger partial charge in [-0.3, -0.25) is 14.6 Å². The monoisotopic (exact) mass is 518 g/mol. The molecule has 5 rings (SSSR count). The fourth-order valence-electron chi connectivity index (χ4n) is 5.07. The first kappa shape index (κ1) is 22.0. The fourth-order valence-corrected chi connectivity index (χ4v) is 6.04. The molecule has 2 aromatic rings. The summed E-state index contributed by atoms with van der Waals surface area (Å²) in [6.07, 6.45) is 2.60. The van der Waals surface area contributed by atoms with E-state index >= 15 is 0 Å². The highest BCUT2D eigenvalue weighted by Crippen LogP contribution is 2.54. The van der Waals surface area contributed by atoms with Gasteiger partial charge in [0.1, 0.15) is 9.48 Å². The van der Waals surface area contributed by atoms with Gasteiger partial charge in [-0.2, -0.15) is 0 Å². The van der Waals surface area contributed by atoms with Gasteiger partial charge >= 0.3 is 0 Å². The van der Waals surface area contributed by atoms with Gasteiger partial charge < -0.3 is 14.5 Å². The van der Waals surface area contributed by atoms with Crippen molar-refractivity contribution in [2.24, 2.45) is 22.7 Å². The molecule has 1 saturated carbocycles. The number of pyridine rings is 1. The summed E-state index contributed by atoms with van der Waals surface area (Å²) in [5.74, 6) is 0.623. The third-order valence-electron chi connectivity index (χ3n) is 7.22. The molecular formula is C23H27BrN4O3S. The quantitative estimate of drug-likeness (QED) is 0.547. The average Bonchev–Trinajstić information content (AvgIpc) is 3.12. The molecule has 3 aliphatic rings. The molecule has 1 aliphatic carbocycles. The van der Waals surface area contributed by atoms with Gasteiger partial charge in [-0.15, -0.1) is 11.3 Å². The molecule has 4 heterocycles. The highest BCUT2D eigenvalue weighted by atomic mass is 79.9. The van der Waals surface area contributed by atoms with Gasteiger partial charge in [-0.25, -0.2) is 4.98 Å². The summed E-state index contributed by atoms with van der Waals surface area (Å²) >= 11 is 4.76. The van der Waals surface area contributed by atoms with Crippen molar-refractivity contribution >= 4 is 39.1 Å². The molecule has 32 heavy (non-hydrogen) atoms. The van der Waals surface area contributed by atoms with Gasteiger partial charge in [0.2, 0.25) is 5.91 Å². The molecule has 2 saturated heterocycles. The van der Waals surface area contributed by atoms with Crippen molar-refractivity contribution in [2.75, 3.05) is 32.8 Å². The highest BCUT2D eigenvalue weighted by Gasteiger charge is 2.60. The minimum absolute atomic E-state index is 0.0242. The molecule has 2 amide bonds. The molecule has 2 aliphatic heterocycles. The topological polar surface area (TPSA) is 75.6 Å². The number of rotatable bonds is 6. The van der Waals surface area contributed by atoms with E-state index in [0.717, 1.165) is 16.7 Å². The van der Waals surface area contributed by atoms with Gasteiger partial charge in [-0.05, 0) is 39.9 Å². The molecule has 2 aromatic heterocycles. The van der Waals surface area contributed by atoms with Crippen molar-refractivity contribution in [1.82, 2.24) is 19.8 Å². The van der Waals surface area contributed by atoms with Crippen LogP contribution in [-0.2, 0) is 16.1 Å². The molecule has 3 fully saturated rings. The predicted molar refractivity (Wildman–Crippen MR) is 124 cm³/mol. The van der Waals surface area contributed by atoms with E-state index in [4.69, 9.17) is 4.74 Å². The van der Waals surface area contributed by atoms with Crippen molar-refractivity contribution < 1.29 is 14.3 Å². The van der Waals surface area contributed by atoms with E-state index in [0.29, 0.717) is 44.3 Å². The molecule has 2 atom stereocenters. The van der Waals surface area contributed by atoms with Crippen LogP contribution in [0.5, 0.6) is 0 Å². The van der Waals surface area contributed by atoms with Crippen LogP contribution in [0.25, 0.3) is 0 Å². The van der Waals surface area contributed by atoms with E-state index in [9.17, 15) is 9.59 Å². The summed E-state index contributed by atoms with van der Waals surface area (Å²) in [5.41, 5.74) is 2.58. The smallest absolute Gasteiger partial charge is 0.265 e. The number of thiazole rings is 1. The number of aromatic nitrogens is 2. The molecule has 9 heteroatoms. The predicted octanol–water partition coefficient (Wildman–Crippen LogP) is 3.46. The number of hydrogen-bond acceptors (Lipinski definition) is 6. The van der Waals surface area contributed by atoms with Crippen LogP contribution in [0.4, 0.5) is 0 Å². The first-order valence-electron chi connectivity index (χ1n) is 10.9. The van der Waals surface area contributed by atoms with Gasteiger partial charge in [0.25, 0.3) is 5.91 Å². The van der Waals surface area contributed by atoms with Gasteiger partial charge in [0.15, 0.2) is 0 Å². The van der Waals surface area contributed by atoms with Crippen LogP contribution in [0.15, 0.2) is 34.5 Å². The number of amides is 2. The van der Waals surface area contributed by atoms with E-state index in [-0.39, 0.29) is 34.5 Å². The summed E-state index contributed by atoms with van der Waals surface area (Å²) in [6, 6.07) is 5.77. The van der Waals surface area contributed by atoms with Crippen LogP contribution in [-0.4, -0.2) is 64.4 Å². The number of hydrogen-bond donors (Lipinski definition) is 0. The Hall–Kier alpha value is -1.84. The average molecular weight is 519 g/mol. The fraction of sp³-hybridized carbons (Fsp3) is 0.565. The Morgan fingerprint density at radius 1 is 1.25 bits per heavy atom. The van der Waals surface area contributed by atoms with Crippen LogP contribution >= 0.6 is 27.3 Å². The van der Waals surface area contributed by atoms with E-state index in [1.165, 1.54) is 11.3 Å². The molecule has 0 bridgehead atoms. The lowest BCUT2D eigenvalue weighted by Crippen LogP contribution is -2.63. The Morgan fingerprint density at radius 2 is 2.00 bits per heavy atom. The summed E-state index contributed by atoms with van der Waals surface area (Å²) in [5, 5.41) is 0. The second kappa shape index (κ2) is 8.18. The highest BCUT2D eigenvalue weighted by molar-refractivity contribution is 9.10. The molecule has 7 nitrogen and oxygen atoms in total. The summed E-state index contributed by atoms with van der Waals surface area (Å²) < 4.78 is 6.85. The number of carbonyl (C=O) groups excluding carboxylic acids is 2. The zero-order chi connectivity index (χ0) is 22.5. The standard InChI is InChI=1S/C23H27BrN4O3S/c1-22(2)6-17(22)20(29)28-12-23(13-28)11-27(21(30)18-7-25-14-32-18)8-15(23)9-31-10-16-4-3-5-19(24)26-16/h3-5,7,14-15,17H,6,8-13H2,1-2H3/t15?,17-/m1/s1. The molecule has 1 spiro atoms. The van der Waals surface area contributed by atoms with Gasteiger partial charge in [0, 0.05) is 43.4 Å². The number of halogens is 1. The Balaban J connectivity index is 1.26. The lowest BCUT2D eigenvalue weighted by molar-refractivity contribution is -0.148. The maximum atomic E-state index is 13.0. The SMILES string of the molecule is CC1(C)C[C@@H]1C(=O)N1CC2(CN(C(=O)c3cncs3)CC2COCc2cccc(Br)n2)C1. The van der Waals surface area contributed by atoms with Crippen molar-refractivity contribution in [3.05, 3.63) is 45.1 Å². The Bertz CT molecular complexity index is 1020. The van der Waals surface area contributed by atoms with Crippen LogP contribution in [0, 0.1) is 22.7 Å². The zero-order valence-electron chi connectivity index (χ0n) is 18.3. The van der Waals surface area contributed by atoms with Gasteiger partial charge in [0.05, 0.1) is 30.6 Å². The van der Waals surface area contributed by atoms with Crippen molar-refractivity contribution in [1.29, 1.82) is 0 Å². The Kier molecular flexibility index (Phi) is 5.62. The van der Waals surface area contributed by atoms with E-state index in [1.54, 1.807) is 11.7 Å². The summed E-state index contributed by atoms with van der Waals surface area (Å²) in [7, 11) is 0. The minimum atomic E-state index is -0.0975. The lowest BCUT2D eigenvalue weighted by Gasteiger charge is -2.51. The third kappa shape index (κ3) is 4.10. The van der Waals surface area contributed by atoms with Crippen LogP contribution in [0.1, 0.15) is 35.6 Å². The number of nitrogens with zero attached hydrogens (tertiary/aromatic N) is 4. The van der Waals surface area contributed by atoms with Crippen LogP contribution in [0.2, 0.25) is 0 Å². The Morgan fingerprint density at radius 3 is 2.66 bits per heavy atom. The maximum absolute atomic E-state index is 13.0. The normalized spacial score (nSPS) is 25.1. The second-order valence-electron chi connectivity index (χ2n) is 10.0. The molecular weight excluding hydrogens is 492 g/mol. The third-order valence-corrected chi connectivity index (χ3v) is 8.42. The molecule has 170 valence electrons. The van der Waals surface area contributed by atoms with Crippen molar-refractivity contribution in [2.45, 2.75) is 26.9 Å². The number of carbonyl (C=O) groups is 2. The summed E-state index contributed by atoms with van der Waals surface area (Å²) in [6.45, 7) is 7.98. The first-order valence-corrected chi connectivity index (χ1v) is 12.6. The molecule has 0 N–H and O–H groups in total. The largest absolute Gasteiger partial charge is 0.375 e. The maximum Gasteiger partial charge on any atom is 0.265 e. The molecule has 0 aromatic carbocycles. The van der Waals surface area contributed by atoms with E-state index in [2.05, 4.69) is 39.7 Å². The number of likely N-dealkylation sites (tertiary alicyclic amines) is 2.